The van der Waals surface area contributed by atoms with E-state index in [0.717, 1.165) is 6.42 Å². The van der Waals surface area contributed by atoms with Gasteiger partial charge in [0.05, 0.1) is 6.61 Å². The largest absolute Gasteiger partial charge is 0.395 e. The average Bonchev–Trinajstić information content (AvgIpc) is 2.15. The molecule has 0 bridgehead atoms. The van der Waals surface area contributed by atoms with Gasteiger partial charge >= 0.3 is 0 Å². The molecule has 0 radical (unpaired) electrons. The van der Waals surface area contributed by atoms with Crippen molar-refractivity contribution >= 4 is 17.3 Å². The molecule has 80 valence electrons. The second-order valence-electron chi connectivity index (χ2n) is 3.64. The summed E-state index contributed by atoms with van der Waals surface area (Å²) >= 11 is 5.08. The van der Waals surface area contributed by atoms with Crippen molar-refractivity contribution in [3.63, 3.8) is 0 Å². The van der Waals surface area contributed by atoms with Gasteiger partial charge in [0.2, 0.25) is 0 Å². The van der Waals surface area contributed by atoms with Gasteiger partial charge in [0.1, 0.15) is 0 Å². The Bertz CT molecular complexity index is 228. The van der Waals surface area contributed by atoms with Crippen LogP contribution in [0.1, 0.15) is 26.2 Å². The van der Waals surface area contributed by atoms with Crippen molar-refractivity contribution in [1.29, 1.82) is 0 Å². The lowest BCUT2D eigenvalue weighted by Crippen LogP contribution is -2.42. The predicted molar refractivity (Wildman–Crippen MR) is 62.2 cm³/mol. The number of thiocarbonyl (C=S) groups is 1. The summed E-state index contributed by atoms with van der Waals surface area (Å²) in [5.74, 6) is 0. The molecule has 0 heterocycles. The summed E-state index contributed by atoms with van der Waals surface area (Å²) < 4.78 is 0. The van der Waals surface area contributed by atoms with Crippen molar-refractivity contribution in [2.24, 2.45) is 0 Å². The molecule has 4 heteroatoms. The van der Waals surface area contributed by atoms with Gasteiger partial charge < -0.3 is 15.7 Å². The maximum Gasteiger partial charge on any atom is 0.166 e. The quantitative estimate of drug-likeness (QED) is 0.483. The highest BCUT2D eigenvalue weighted by Crippen LogP contribution is 2.16. The fourth-order valence-electron chi connectivity index (χ4n) is 1.61. The fourth-order valence-corrected chi connectivity index (χ4v) is 1.87. The van der Waals surface area contributed by atoms with Crippen LogP contribution in [-0.4, -0.2) is 29.4 Å². The summed E-state index contributed by atoms with van der Waals surface area (Å²) in [5.41, 5.74) is 1.43. The zero-order valence-corrected chi connectivity index (χ0v) is 9.36. The number of aliphatic hydroxyl groups excluding tert-OH is 1. The first-order valence-corrected chi connectivity index (χ1v) is 5.45. The number of hydrogen-bond acceptors (Lipinski definition) is 2. The number of aliphatic hydroxyl groups is 1. The molecule has 0 aromatic carbocycles. The molecular weight excluding hydrogens is 196 g/mol. The number of hydrogen-bond donors (Lipinski definition) is 3. The fraction of sp³-hybridized carbons (Fsp3) is 0.700. The van der Waals surface area contributed by atoms with E-state index in [9.17, 15) is 0 Å². The van der Waals surface area contributed by atoms with Crippen LogP contribution in [0, 0.1) is 0 Å². The van der Waals surface area contributed by atoms with Gasteiger partial charge in [-0.15, -0.1) is 0 Å². The monoisotopic (exact) mass is 214 g/mol. The van der Waals surface area contributed by atoms with Gasteiger partial charge in [-0.25, -0.2) is 0 Å². The van der Waals surface area contributed by atoms with Gasteiger partial charge in [-0.3, -0.25) is 0 Å². The van der Waals surface area contributed by atoms with Crippen LogP contribution < -0.4 is 10.6 Å². The van der Waals surface area contributed by atoms with Gasteiger partial charge in [-0.1, -0.05) is 11.6 Å². The zero-order valence-electron chi connectivity index (χ0n) is 8.55. The van der Waals surface area contributed by atoms with E-state index in [4.69, 9.17) is 17.3 Å². The topological polar surface area (TPSA) is 44.3 Å². The second kappa shape index (κ2) is 5.98. The standard InChI is InChI=1S/C10H18N2OS/c1-8-3-2-4-9(7-8)12-10(14)11-5-6-13/h7,9,13H,2-6H2,1H3,(H2,11,12,14). The summed E-state index contributed by atoms with van der Waals surface area (Å²) in [4.78, 5) is 0. The Morgan fingerprint density at radius 3 is 3.14 bits per heavy atom. The number of rotatable bonds is 3. The third-order valence-corrected chi connectivity index (χ3v) is 2.55. The van der Waals surface area contributed by atoms with Crippen LogP contribution in [0.4, 0.5) is 0 Å². The Labute approximate surface area is 90.6 Å². The van der Waals surface area contributed by atoms with E-state index >= 15 is 0 Å². The highest BCUT2D eigenvalue weighted by molar-refractivity contribution is 7.80. The number of nitrogens with one attached hydrogen (secondary N) is 2. The zero-order chi connectivity index (χ0) is 10.4. The normalized spacial score (nSPS) is 21.3. The maximum atomic E-state index is 8.60. The van der Waals surface area contributed by atoms with Gasteiger partial charge in [0.25, 0.3) is 0 Å². The predicted octanol–water partition coefficient (Wildman–Crippen LogP) is 0.942. The molecule has 1 unspecified atom stereocenters. The molecular formula is C10H18N2OS. The maximum absolute atomic E-state index is 8.60. The van der Waals surface area contributed by atoms with Crippen LogP contribution in [0.3, 0.4) is 0 Å². The van der Waals surface area contributed by atoms with E-state index in [1.54, 1.807) is 0 Å². The van der Waals surface area contributed by atoms with E-state index in [-0.39, 0.29) is 6.61 Å². The molecule has 0 amide bonds. The molecule has 0 aliphatic heterocycles. The molecule has 1 atom stereocenters. The highest BCUT2D eigenvalue weighted by atomic mass is 32.1. The van der Waals surface area contributed by atoms with Crippen molar-refractivity contribution in [1.82, 2.24) is 10.6 Å². The minimum Gasteiger partial charge on any atom is -0.395 e. The minimum absolute atomic E-state index is 0.112. The van der Waals surface area contributed by atoms with Crippen LogP contribution in [0.25, 0.3) is 0 Å². The molecule has 0 saturated heterocycles. The Morgan fingerprint density at radius 2 is 2.50 bits per heavy atom. The first-order valence-electron chi connectivity index (χ1n) is 5.05. The molecule has 0 spiro atoms. The highest BCUT2D eigenvalue weighted by Gasteiger charge is 2.11. The van der Waals surface area contributed by atoms with Crippen molar-refractivity contribution in [3.8, 4) is 0 Å². The van der Waals surface area contributed by atoms with Gasteiger partial charge in [-0.05, 0) is 38.4 Å². The average molecular weight is 214 g/mol. The molecule has 3 nitrogen and oxygen atoms in total. The summed E-state index contributed by atoms with van der Waals surface area (Å²) in [7, 11) is 0. The second-order valence-corrected chi connectivity index (χ2v) is 4.04. The summed E-state index contributed by atoms with van der Waals surface area (Å²) in [6.45, 7) is 2.78. The van der Waals surface area contributed by atoms with Crippen molar-refractivity contribution < 1.29 is 5.11 Å². The first kappa shape index (κ1) is 11.5. The van der Waals surface area contributed by atoms with Gasteiger partial charge in [0, 0.05) is 12.6 Å². The van der Waals surface area contributed by atoms with Crippen molar-refractivity contribution in [3.05, 3.63) is 11.6 Å². The third kappa shape index (κ3) is 4.07. The van der Waals surface area contributed by atoms with E-state index in [0.29, 0.717) is 17.7 Å². The summed E-state index contributed by atoms with van der Waals surface area (Å²) in [6, 6.07) is 0.363. The lowest BCUT2D eigenvalue weighted by molar-refractivity contribution is 0.300. The van der Waals surface area contributed by atoms with E-state index in [2.05, 4.69) is 23.6 Å². The van der Waals surface area contributed by atoms with Crippen LogP contribution in [-0.2, 0) is 0 Å². The minimum atomic E-state index is 0.112. The van der Waals surface area contributed by atoms with Crippen LogP contribution in [0.5, 0.6) is 0 Å². The third-order valence-electron chi connectivity index (χ3n) is 2.29. The van der Waals surface area contributed by atoms with E-state index < -0.39 is 0 Å². The van der Waals surface area contributed by atoms with Crippen LogP contribution in [0.2, 0.25) is 0 Å². The Balaban J connectivity index is 2.29. The SMILES string of the molecule is CC1=CC(NC(=S)NCCO)CCC1. The molecule has 3 N–H and O–H groups in total. The van der Waals surface area contributed by atoms with Gasteiger partial charge in [-0.2, -0.15) is 0 Å². The molecule has 14 heavy (non-hydrogen) atoms. The lowest BCUT2D eigenvalue weighted by Gasteiger charge is -2.22. The molecule has 0 aromatic rings. The van der Waals surface area contributed by atoms with Crippen LogP contribution in [0.15, 0.2) is 11.6 Å². The Morgan fingerprint density at radius 1 is 1.71 bits per heavy atom. The van der Waals surface area contributed by atoms with Crippen molar-refractivity contribution in [2.75, 3.05) is 13.2 Å². The smallest absolute Gasteiger partial charge is 0.166 e. The number of allylic oxidation sites excluding steroid dienone is 1. The Kier molecular flexibility index (Phi) is 4.90. The first-order chi connectivity index (χ1) is 6.72. The van der Waals surface area contributed by atoms with Crippen molar-refractivity contribution in [2.45, 2.75) is 32.2 Å². The molecule has 1 aliphatic carbocycles. The molecule has 1 rings (SSSR count). The molecule has 1 aliphatic rings. The summed E-state index contributed by atoms with van der Waals surface area (Å²) in [6.07, 6.45) is 5.80. The van der Waals surface area contributed by atoms with E-state index in [1.807, 2.05) is 0 Å². The molecule has 0 fully saturated rings. The molecule has 0 aromatic heterocycles. The van der Waals surface area contributed by atoms with Gasteiger partial charge in [0.15, 0.2) is 5.11 Å². The molecule has 0 saturated carbocycles. The Hall–Kier alpha value is -0.610. The summed E-state index contributed by atoms with van der Waals surface area (Å²) in [5, 5.41) is 15.4. The lowest BCUT2D eigenvalue weighted by atomic mass is 9.97. The van der Waals surface area contributed by atoms with E-state index in [1.165, 1.54) is 18.4 Å². The van der Waals surface area contributed by atoms with Crippen LogP contribution >= 0.6 is 12.2 Å².